The summed E-state index contributed by atoms with van der Waals surface area (Å²) >= 11 is 0. The van der Waals surface area contributed by atoms with Gasteiger partial charge in [0.05, 0.1) is 6.10 Å². The Morgan fingerprint density at radius 3 is 2.00 bits per heavy atom. The third-order valence-corrected chi connectivity index (χ3v) is 1.55. The second-order valence-electron chi connectivity index (χ2n) is 2.04. The maximum absolute atomic E-state index is 8.88. The van der Waals surface area contributed by atoms with Crippen LogP contribution in [-0.4, -0.2) is 16.9 Å². The Hall–Kier alpha value is 0.130. The van der Waals surface area contributed by atoms with E-state index in [0.29, 0.717) is 5.66 Å². The highest BCUT2D eigenvalue weighted by molar-refractivity contribution is 7.18. The standard InChI is InChI=1S/C6H13OP/c1-4(5(2)7)6(3)8/h5-7H,1,8H2,2-3H3. The summed E-state index contributed by atoms with van der Waals surface area (Å²) in [5, 5.41) is 8.88. The summed E-state index contributed by atoms with van der Waals surface area (Å²) in [5.41, 5.74) is 1.19. The van der Waals surface area contributed by atoms with Gasteiger partial charge in [0, 0.05) is 0 Å². The minimum absolute atomic E-state index is 0.315. The molecule has 1 nitrogen and oxygen atoms in total. The maximum atomic E-state index is 8.88. The molecule has 0 aliphatic heterocycles. The van der Waals surface area contributed by atoms with Gasteiger partial charge in [-0.2, -0.15) is 0 Å². The zero-order chi connectivity index (χ0) is 6.73. The van der Waals surface area contributed by atoms with E-state index in [2.05, 4.69) is 15.8 Å². The van der Waals surface area contributed by atoms with Gasteiger partial charge in [-0.1, -0.05) is 13.5 Å². The second-order valence-corrected chi connectivity index (χ2v) is 3.04. The molecule has 0 bridgehead atoms. The zero-order valence-corrected chi connectivity index (χ0v) is 6.54. The summed E-state index contributed by atoms with van der Waals surface area (Å²) in [5.74, 6) is 0. The van der Waals surface area contributed by atoms with E-state index >= 15 is 0 Å². The lowest BCUT2D eigenvalue weighted by atomic mass is 10.1. The summed E-state index contributed by atoms with van der Waals surface area (Å²) in [6.45, 7) is 7.39. The molecule has 0 saturated carbocycles. The molecule has 0 aromatic carbocycles. The van der Waals surface area contributed by atoms with E-state index in [1.54, 1.807) is 6.92 Å². The first-order valence-electron chi connectivity index (χ1n) is 2.68. The SMILES string of the molecule is C=C(C(C)O)C(C)P. The lowest BCUT2D eigenvalue weighted by Gasteiger charge is -2.10. The van der Waals surface area contributed by atoms with Crippen LogP contribution >= 0.6 is 9.24 Å². The minimum Gasteiger partial charge on any atom is -0.389 e. The fraction of sp³-hybridized carbons (Fsp3) is 0.667. The molecule has 48 valence electrons. The Labute approximate surface area is 53.0 Å². The molecule has 0 heterocycles. The van der Waals surface area contributed by atoms with Crippen LogP contribution in [0.5, 0.6) is 0 Å². The van der Waals surface area contributed by atoms with Crippen LogP contribution in [0.1, 0.15) is 13.8 Å². The van der Waals surface area contributed by atoms with Gasteiger partial charge < -0.3 is 5.11 Å². The zero-order valence-electron chi connectivity index (χ0n) is 5.39. The van der Waals surface area contributed by atoms with Crippen molar-refractivity contribution < 1.29 is 5.11 Å². The molecule has 3 unspecified atom stereocenters. The molecule has 0 aromatic rings. The summed E-state index contributed by atoms with van der Waals surface area (Å²) < 4.78 is 0. The monoisotopic (exact) mass is 132 g/mol. The smallest absolute Gasteiger partial charge is 0.0725 e. The van der Waals surface area contributed by atoms with Gasteiger partial charge in [-0.05, 0) is 18.2 Å². The van der Waals surface area contributed by atoms with Gasteiger partial charge in [0.15, 0.2) is 0 Å². The fourth-order valence-corrected chi connectivity index (χ4v) is 0.659. The van der Waals surface area contributed by atoms with Crippen LogP contribution in [0, 0.1) is 0 Å². The molecule has 0 saturated heterocycles. The molecule has 0 fully saturated rings. The predicted molar refractivity (Wildman–Crippen MR) is 40.0 cm³/mol. The lowest BCUT2D eigenvalue weighted by molar-refractivity contribution is 0.229. The average molecular weight is 132 g/mol. The van der Waals surface area contributed by atoms with Gasteiger partial charge in [-0.15, -0.1) is 9.24 Å². The summed E-state index contributed by atoms with van der Waals surface area (Å²) in [4.78, 5) is 0. The van der Waals surface area contributed by atoms with E-state index in [-0.39, 0.29) is 6.10 Å². The quantitative estimate of drug-likeness (QED) is 0.442. The Balaban J connectivity index is 3.65. The van der Waals surface area contributed by atoms with Gasteiger partial charge in [0.2, 0.25) is 0 Å². The molecule has 1 N–H and O–H groups in total. The average Bonchev–Trinajstić information content (AvgIpc) is 1.64. The van der Waals surface area contributed by atoms with Crippen LogP contribution in [0.4, 0.5) is 0 Å². The first-order valence-corrected chi connectivity index (χ1v) is 3.34. The first kappa shape index (κ1) is 8.13. The molecular weight excluding hydrogens is 119 g/mol. The summed E-state index contributed by atoms with van der Waals surface area (Å²) in [6.07, 6.45) is -0.373. The molecular formula is C6H13OP. The molecule has 0 radical (unpaired) electrons. The van der Waals surface area contributed by atoms with E-state index in [0.717, 1.165) is 5.57 Å². The summed E-state index contributed by atoms with van der Waals surface area (Å²) in [6, 6.07) is 0. The molecule has 0 amide bonds. The first-order chi connectivity index (χ1) is 3.55. The largest absolute Gasteiger partial charge is 0.389 e. The Morgan fingerprint density at radius 2 is 2.00 bits per heavy atom. The van der Waals surface area contributed by atoms with Crippen molar-refractivity contribution in [3.8, 4) is 0 Å². The van der Waals surface area contributed by atoms with Crippen LogP contribution in [0.15, 0.2) is 12.2 Å². The van der Waals surface area contributed by atoms with E-state index in [4.69, 9.17) is 5.11 Å². The van der Waals surface area contributed by atoms with E-state index in [1.807, 2.05) is 6.92 Å². The van der Waals surface area contributed by atoms with Crippen LogP contribution in [0.3, 0.4) is 0 Å². The van der Waals surface area contributed by atoms with Gasteiger partial charge in [0.1, 0.15) is 0 Å². The Bertz CT molecular complexity index is 76.5. The van der Waals surface area contributed by atoms with Crippen molar-refractivity contribution in [3.63, 3.8) is 0 Å². The number of hydrogen-bond acceptors (Lipinski definition) is 1. The molecule has 3 atom stereocenters. The highest BCUT2D eigenvalue weighted by Crippen LogP contribution is 2.12. The van der Waals surface area contributed by atoms with Crippen LogP contribution < -0.4 is 0 Å². The Morgan fingerprint density at radius 1 is 1.62 bits per heavy atom. The molecule has 8 heavy (non-hydrogen) atoms. The van der Waals surface area contributed by atoms with Crippen molar-refractivity contribution >= 4 is 9.24 Å². The van der Waals surface area contributed by atoms with E-state index in [9.17, 15) is 0 Å². The van der Waals surface area contributed by atoms with E-state index < -0.39 is 0 Å². The third kappa shape index (κ3) is 2.44. The highest BCUT2D eigenvalue weighted by atomic mass is 31.0. The maximum Gasteiger partial charge on any atom is 0.0725 e. The molecule has 0 aliphatic carbocycles. The van der Waals surface area contributed by atoms with Crippen LogP contribution in [0.25, 0.3) is 0 Å². The number of aliphatic hydroxyl groups excluding tert-OH is 1. The van der Waals surface area contributed by atoms with Crippen molar-refractivity contribution in [2.45, 2.75) is 25.6 Å². The fourth-order valence-electron chi connectivity index (χ4n) is 0.380. The third-order valence-electron chi connectivity index (χ3n) is 1.12. The topological polar surface area (TPSA) is 20.2 Å². The van der Waals surface area contributed by atoms with Gasteiger partial charge in [-0.3, -0.25) is 0 Å². The van der Waals surface area contributed by atoms with Crippen molar-refractivity contribution in [1.82, 2.24) is 0 Å². The van der Waals surface area contributed by atoms with Gasteiger partial charge >= 0.3 is 0 Å². The van der Waals surface area contributed by atoms with Crippen LogP contribution in [0.2, 0.25) is 0 Å². The molecule has 0 aromatic heterocycles. The van der Waals surface area contributed by atoms with Crippen molar-refractivity contribution in [1.29, 1.82) is 0 Å². The van der Waals surface area contributed by atoms with E-state index in [1.165, 1.54) is 0 Å². The number of rotatable bonds is 2. The second kappa shape index (κ2) is 3.21. The number of hydrogen-bond donors (Lipinski definition) is 1. The molecule has 2 heteroatoms. The van der Waals surface area contributed by atoms with Crippen molar-refractivity contribution in [2.24, 2.45) is 0 Å². The highest BCUT2D eigenvalue weighted by Gasteiger charge is 2.04. The van der Waals surface area contributed by atoms with Gasteiger partial charge in [0.25, 0.3) is 0 Å². The number of aliphatic hydroxyl groups is 1. The molecule has 0 rings (SSSR count). The van der Waals surface area contributed by atoms with Crippen molar-refractivity contribution in [2.75, 3.05) is 0 Å². The predicted octanol–water partition coefficient (Wildman–Crippen LogP) is 1.19. The molecule has 0 spiro atoms. The summed E-state index contributed by atoms with van der Waals surface area (Å²) in [7, 11) is 2.58. The normalized spacial score (nSPS) is 17.5. The molecule has 0 aliphatic rings. The Kier molecular flexibility index (Phi) is 3.27. The van der Waals surface area contributed by atoms with Crippen LogP contribution in [-0.2, 0) is 0 Å². The van der Waals surface area contributed by atoms with Gasteiger partial charge in [-0.25, -0.2) is 0 Å². The minimum atomic E-state index is -0.373. The lowest BCUT2D eigenvalue weighted by Crippen LogP contribution is -2.09. The van der Waals surface area contributed by atoms with Crippen molar-refractivity contribution in [3.05, 3.63) is 12.2 Å².